The molecule has 6 heteroatoms. The third kappa shape index (κ3) is 2.33. The van der Waals surface area contributed by atoms with Gasteiger partial charge < -0.3 is 9.84 Å². The van der Waals surface area contributed by atoms with Gasteiger partial charge in [-0.25, -0.2) is 0 Å². The first kappa shape index (κ1) is 11.5. The molecule has 6 nitrogen and oxygen atoms in total. The molecule has 0 saturated carbocycles. The standard InChI is InChI=1S/C13H12N4O2/c1-17-8-9(7-14-17)15-13(18)6-11-10-4-2-3-5-12(10)19-16-11/h2-5,7-8H,6H2,1H3,(H,15,18). The zero-order chi connectivity index (χ0) is 13.2. The van der Waals surface area contributed by atoms with Crippen LogP contribution in [0.15, 0.2) is 41.2 Å². The summed E-state index contributed by atoms with van der Waals surface area (Å²) in [6.07, 6.45) is 3.50. The molecule has 19 heavy (non-hydrogen) atoms. The van der Waals surface area contributed by atoms with E-state index in [9.17, 15) is 4.79 Å². The first-order valence-electron chi connectivity index (χ1n) is 5.84. The van der Waals surface area contributed by atoms with Gasteiger partial charge in [0.15, 0.2) is 5.58 Å². The van der Waals surface area contributed by atoms with E-state index in [1.165, 1.54) is 0 Å². The summed E-state index contributed by atoms with van der Waals surface area (Å²) in [7, 11) is 1.79. The van der Waals surface area contributed by atoms with Crippen molar-refractivity contribution >= 4 is 22.6 Å². The number of carbonyl (C=O) groups excluding carboxylic acids is 1. The predicted molar refractivity (Wildman–Crippen MR) is 69.6 cm³/mol. The summed E-state index contributed by atoms with van der Waals surface area (Å²) in [5, 5.41) is 11.5. The largest absolute Gasteiger partial charge is 0.356 e. The van der Waals surface area contributed by atoms with Gasteiger partial charge in [0.05, 0.1) is 18.3 Å². The lowest BCUT2D eigenvalue weighted by Crippen LogP contribution is -2.14. The summed E-state index contributed by atoms with van der Waals surface area (Å²) in [6.45, 7) is 0. The van der Waals surface area contributed by atoms with Crippen LogP contribution in [0.4, 0.5) is 5.69 Å². The molecular formula is C13H12N4O2. The van der Waals surface area contributed by atoms with Crippen molar-refractivity contribution in [2.45, 2.75) is 6.42 Å². The quantitative estimate of drug-likeness (QED) is 0.774. The number of rotatable bonds is 3. The molecule has 1 aromatic carbocycles. The lowest BCUT2D eigenvalue weighted by atomic mass is 10.1. The lowest BCUT2D eigenvalue weighted by molar-refractivity contribution is -0.115. The molecular weight excluding hydrogens is 244 g/mol. The molecule has 1 N–H and O–H groups in total. The number of nitrogens with zero attached hydrogens (tertiary/aromatic N) is 3. The molecule has 0 aliphatic carbocycles. The number of fused-ring (bicyclic) bond motifs is 1. The average Bonchev–Trinajstić information content (AvgIpc) is 2.97. The van der Waals surface area contributed by atoms with Crippen LogP contribution in [0.3, 0.4) is 0 Å². The van der Waals surface area contributed by atoms with E-state index in [0.717, 1.165) is 5.39 Å². The Morgan fingerprint density at radius 3 is 3.05 bits per heavy atom. The number of hydrogen-bond acceptors (Lipinski definition) is 4. The summed E-state index contributed by atoms with van der Waals surface area (Å²) >= 11 is 0. The van der Waals surface area contributed by atoms with E-state index in [1.807, 2.05) is 24.3 Å². The fourth-order valence-corrected chi connectivity index (χ4v) is 1.91. The smallest absolute Gasteiger partial charge is 0.230 e. The van der Waals surface area contributed by atoms with Gasteiger partial charge >= 0.3 is 0 Å². The third-order valence-corrected chi connectivity index (χ3v) is 2.77. The van der Waals surface area contributed by atoms with Gasteiger partial charge in [-0.1, -0.05) is 17.3 Å². The van der Waals surface area contributed by atoms with Gasteiger partial charge in [-0.2, -0.15) is 5.10 Å². The number of aromatic nitrogens is 3. The Morgan fingerprint density at radius 2 is 2.26 bits per heavy atom. The molecule has 2 heterocycles. The van der Waals surface area contributed by atoms with E-state index in [-0.39, 0.29) is 12.3 Å². The number of benzene rings is 1. The van der Waals surface area contributed by atoms with Crippen molar-refractivity contribution in [1.29, 1.82) is 0 Å². The Balaban J connectivity index is 1.76. The molecule has 0 saturated heterocycles. The van der Waals surface area contributed by atoms with Crippen LogP contribution < -0.4 is 5.32 Å². The molecule has 0 fully saturated rings. The second-order valence-corrected chi connectivity index (χ2v) is 4.25. The molecule has 0 aliphatic heterocycles. The highest BCUT2D eigenvalue weighted by Crippen LogP contribution is 2.18. The highest BCUT2D eigenvalue weighted by molar-refractivity contribution is 5.94. The normalized spacial score (nSPS) is 10.8. The molecule has 2 aromatic heterocycles. The van der Waals surface area contributed by atoms with Crippen LogP contribution in [0.2, 0.25) is 0 Å². The van der Waals surface area contributed by atoms with Crippen LogP contribution in [-0.4, -0.2) is 20.8 Å². The van der Waals surface area contributed by atoms with Crippen molar-refractivity contribution < 1.29 is 9.32 Å². The molecule has 1 amide bonds. The van der Waals surface area contributed by atoms with Gasteiger partial charge in [0.2, 0.25) is 5.91 Å². The summed E-state index contributed by atoms with van der Waals surface area (Å²) in [4.78, 5) is 11.9. The maximum absolute atomic E-state index is 11.9. The predicted octanol–water partition coefficient (Wildman–Crippen LogP) is 1.74. The van der Waals surface area contributed by atoms with Crippen molar-refractivity contribution in [2.24, 2.45) is 7.05 Å². The van der Waals surface area contributed by atoms with Crippen molar-refractivity contribution in [2.75, 3.05) is 5.32 Å². The fourth-order valence-electron chi connectivity index (χ4n) is 1.91. The van der Waals surface area contributed by atoms with E-state index in [4.69, 9.17) is 4.52 Å². The number of nitrogens with one attached hydrogen (secondary N) is 1. The molecule has 0 radical (unpaired) electrons. The minimum atomic E-state index is -0.146. The van der Waals surface area contributed by atoms with Crippen molar-refractivity contribution in [3.63, 3.8) is 0 Å². The van der Waals surface area contributed by atoms with Gasteiger partial charge in [0, 0.05) is 18.6 Å². The Hall–Kier alpha value is -2.63. The second-order valence-electron chi connectivity index (χ2n) is 4.25. The Bertz CT molecular complexity index is 729. The minimum Gasteiger partial charge on any atom is -0.356 e. The summed E-state index contributed by atoms with van der Waals surface area (Å²) in [5.41, 5.74) is 1.99. The first-order valence-corrected chi connectivity index (χ1v) is 5.84. The second kappa shape index (κ2) is 4.56. The van der Waals surface area contributed by atoms with Crippen LogP contribution in [0.25, 0.3) is 11.0 Å². The topological polar surface area (TPSA) is 73.0 Å². The number of amides is 1. The number of para-hydroxylation sites is 1. The number of hydrogen-bond donors (Lipinski definition) is 1. The Morgan fingerprint density at radius 1 is 1.42 bits per heavy atom. The Labute approximate surface area is 109 Å². The number of carbonyl (C=O) groups is 1. The van der Waals surface area contributed by atoms with Gasteiger partial charge in [0.25, 0.3) is 0 Å². The summed E-state index contributed by atoms with van der Waals surface area (Å²) in [5.74, 6) is -0.146. The summed E-state index contributed by atoms with van der Waals surface area (Å²) < 4.78 is 6.78. The van der Waals surface area contributed by atoms with E-state index >= 15 is 0 Å². The van der Waals surface area contributed by atoms with Gasteiger partial charge in [0.1, 0.15) is 5.69 Å². The van der Waals surface area contributed by atoms with Gasteiger partial charge in [-0.15, -0.1) is 0 Å². The molecule has 3 aromatic rings. The van der Waals surface area contributed by atoms with Crippen LogP contribution >= 0.6 is 0 Å². The average molecular weight is 256 g/mol. The first-order chi connectivity index (χ1) is 9.22. The molecule has 0 bridgehead atoms. The fraction of sp³-hybridized carbons (Fsp3) is 0.154. The van der Waals surface area contributed by atoms with E-state index < -0.39 is 0 Å². The lowest BCUT2D eigenvalue weighted by Gasteiger charge is -1.99. The van der Waals surface area contributed by atoms with Gasteiger partial charge in [-0.05, 0) is 12.1 Å². The molecule has 0 spiro atoms. The SMILES string of the molecule is Cn1cc(NC(=O)Cc2noc3ccccc23)cn1. The van der Waals surface area contributed by atoms with E-state index in [2.05, 4.69) is 15.6 Å². The van der Waals surface area contributed by atoms with Crippen molar-refractivity contribution in [3.05, 3.63) is 42.4 Å². The molecule has 3 rings (SSSR count). The van der Waals surface area contributed by atoms with E-state index in [0.29, 0.717) is 17.0 Å². The molecule has 96 valence electrons. The molecule has 0 unspecified atom stereocenters. The van der Waals surface area contributed by atoms with Crippen LogP contribution in [0.5, 0.6) is 0 Å². The Kier molecular flexibility index (Phi) is 2.75. The van der Waals surface area contributed by atoms with Crippen LogP contribution in [0, 0.1) is 0 Å². The monoisotopic (exact) mass is 256 g/mol. The zero-order valence-corrected chi connectivity index (χ0v) is 10.3. The maximum Gasteiger partial charge on any atom is 0.230 e. The van der Waals surface area contributed by atoms with Crippen molar-refractivity contribution in [3.8, 4) is 0 Å². The zero-order valence-electron chi connectivity index (χ0n) is 10.3. The summed E-state index contributed by atoms with van der Waals surface area (Å²) in [6, 6.07) is 7.47. The highest BCUT2D eigenvalue weighted by atomic mass is 16.5. The van der Waals surface area contributed by atoms with Crippen LogP contribution in [-0.2, 0) is 18.3 Å². The molecule has 0 aliphatic rings. The van der Waals surface area contributed by atoms with Gasteiger partial charge in [-0.3, -0.25) is 9.48 Å². The highest BCUT2D eigenvalue weighted by Gasteiger charge is 2.12. The minimum absolute atomic E-state index is 0.146. The van der Waals surface area contributed by atoms with Crippen molar-refractivity contribution in [1.82, 2.24) is 14.9 Å². The molecule has 0 atom stereocenters. The third-order valence-electron chi connectivity index (χ3n) is 2.77. The van der Waals surface area contributed by atoms with Crippen LogP contribution in [0.1, 0.15) is 5.69 Å². The van der Waals surface area contributed by atoms with E-state index in [1.54, 1.807) is 24.1 Å². The maximum atomic E-state index is 11.9. The number of aryl methyl sites for hydroxylation is 1. The number of anilines is 1.